The summed E-state index contributed by atoms with van der Waals surface area (Å²) in [5.41, 5.74) is 1.66. The summed E-state index contributed by atoms with van der Waals surface area (Å²) < 4.78 is 0. The van der Waals surface area contributed by atoms with Crippen molar-refractivity contribution in [1.82, 2.24) is 9.88 Å². The highest BCUT2D eigenvalue weighted by atomic mass is 16.2. The molecule has 3 rings (SSSR count). The number of rotatable bonds is 1. The van der Waals surface area contributed by atoms with Gasteiger partial charge in [-0.1, -0.05) is 18.2 Å². The maximum atomic E-state index is 12.9. The fourth-order valence-electron chi connectivity index (χ4n) is 3.24. The van der Waals surface area contributed by atoms with E-state index < -0.39 is 0 Å². The van der Waals surface area contributed by atoms with Gasteiger partial charge >= 0.3 is 0 Å². The van der Waals surface area contributed by atoms with Gasteiger partial charge in [-0.15, -0.1) is 0 Å². The number of likely N-dealkylation sites (tertiary alicyclic amines) is 1. The molecule has 1 aliphatic rings. The van der Waals surface area contributed by atoms with Crippen LogP contribution in [-0.2, 0) is 0 Å². The van der Waals surface area contributed by atoms with Crippen LogP contribution in [0.1, 0.15) is 43.5 Å². The highest BCUT2D eigenvalue weighted by Gasteiger charge is 2.30. The molecule has 20 heavy (non-hydrogen) atoms. The van der Waals surface area contributed by atoms with Crippen LogP contribution in [0.3, 0.4) is 0 Å². The van der Waals surface area contributed by atoms with Crippen LogP contribution in [0.15, 0.2) is 36.5 Å². The van der Waals surface area contributed by atoms with Crippen molar-refractivity contribution in [3.05, 3.63) is 42.1 Å². The van der Waals surface area contributed by atoms with Gasteiger partial charge in [-0.25, -0.2) is 0 Å². The molecular formula is C17H20N2O. The third-order valence-electron chi connectivity index (χ3n) is 4.31. The maximum Gasteiger partial charge on any atom is 0.255 e. The molecule has 2 atom stereocenters. The first-order chi connectivity index (χ1) is 9.68. The average Bonchev–Trinajstić information content (AvgIpc) is 2.46. The predicted octanol–water partition coefficient (Wildman–Crippen LogP) is 3.64. The molecule has 1 amide bonds. The SMILES string of the molecule is CC1CCCC(C)N1C(=O)c1ccnc2ccccc12. The molecule has 0 bridgehead atoms. The molecule has 3 nitrogen and oxygen atoms in total. The molecule has 1 aromatic carbocycles. The third kappa shape index (κ3) is 2.17. The van der Waals surface area contributed by atoms with Crippen molar-refractivity contribution in [3.8, 4) is 0 Å². The number of hydrogen-bond donors (Lipinski definition) is 0. The van der Waals surface area contributed by atoms with Crippen molar-refractivity contribution >= 4 is 16.8 Å². The number of benzene rings is 1. The Morgan fingerprint density at radius 2 is 1.85 bits per heavy atom. The number of nitrogens with zero attached hydrogens (tertiary/aromatic N) is 2. The molecule has 2 aromatic rings. The average molecular weight is 268 g/mol. The lowest BCUT2D eigenvalue weighted by Gasteiger charge is -2.39. The van der Waals surface area contributed by atoms with Crippen LogP contribution in [0.25, 0.3) is 10.9 Å². The Balaban J connectivity index is 2.04. The first-order valence-corrected chi connectivity index (χ1v) is 7.35. The largest absolute Gasteiger partial charge is 0.333 e. The molecular weight excluding hydrogens is 248 g/mol. The second-order valence-corrected chi connectivity index (χ2v) is 5.72. The summed E-state index contributed by atoms with van der Waals surface area (Å²) in [6, 6.07) is 10.3. The van der Waals surface area contributed by atoms with Crippen LogP contribution in [0.5, 0.6) is 0 Å². The van der Waals surface area contributed by atoms with E-state index in [0.29, 0.717) is 12.1 Å². The van der Waals surface area contributed by atoms with E-state index in [1.54, 1.807) is 6.20 Å². The number of carbonyl (C=O) groups excluding carboxylic acids is 1. The summed E-state index contributed by atoms with van der Waals surface area (Å²) in [6.45, 7) is 4.30. The summed E-state index contributed by atoms with van der Waals surface area (Å²) in [5, 5.41) is 0.949. The zero-order valence-corrected chi connectivity index (χ0v) is 12.0. The number of aromatic nitrogens is 1. The summed E-state index contributed by atoms with van der Waals surface area (Å²) in [5.74, 6) is 0.142. The molecule has 2 unspecified atom stereocenters. The van der Waals surface area contributed by atoms with Crippen LogP contribution >= 0.6 is 0 Å². The standard InChI is InChI=1S/C17H20N2O/c1-12-6-5-7-13(2)19(12)17(20)15-10-11-18-16-9-4-3-8-14(15)16/h3-4,8-13H,5-7H2,1-2H3. The fraction of sp³-hybridized carbons (Fsp3) is 0.412. The molecule has 1 fully saturated rings. The van der Waals surface area contributed by atoms with Crippen LogP contribution in [0.4, 0.5) is 0 Å². The zero-order chi connectivity index (χ0) is 14.1. The van der Waals surface area contributed by atoms with E-state index in [0.717, 1.165) is 29.3 Å². The van der Waals surface area contributed by atoms with Crippen molar-refractivity contribution in [2.75, 3.05) is 0 Å². The molecule has 0 N–H and O–H groups in total. The molecule has 3 heteroatoms. The topological polar surface area (TPSA) is 33.2 Å². The summed E-state index contributed by atoms with van der Waals surface area (Å²) in [6.07, 6.45) is 5.14. The highest BCUT2D eigenvalue weighted by molar-refractivity contribution is 6.06. The van der Waals surface area contributed by atoms with Gasteiger partial charge in [0.1, 0.15) is 0 Å². The minimum absolute atomic E-state index is 0.142. The summed E-state index contributed by atoms with van der Waals surface area (Å²) in [4.78, 5) is 19.3. The predicted molar refractivity (Wildman–Crippen MR) is 80.7 cm³/mol. The first-order valence-electron chi connectivity index (χ1n) is 7.35. The Hall–Kier alpha value is -1.90. The monoisotopic (exact) mass is 268 g/mol. The number of pyridine rings is 1. The minimum Gasteiger partial charge on any atom is -0.333 e. The first kappa shape index (κ1) is 13.1. The van der Waals surface area contributed by atoms with Crippen LogP contribution in [0, 0.1) is 0 Å². The van der Waals surface area contributed by atoms with Gasteiger partial charge in [-0.05, 0) is 45.2 Å². The number of para-hydroxylation sites is 1. The van der Waals surface area contributed by atoms with E-state index in [2.05, 4.69) is 18.8 Å². The smallest absolute Gasteiger partial charge is 0.255 e. The minimum atomic E-state index is 0.142. The molecule has 1 aromatic heterocycles. The second-order valence-electron chi connectivity index (χ2n) is 5.72. The Morgan fingerprint density at radius 3 is 2.60 bits per heavy atom. The number of fused-ring (bicyclic) bond motifs is 1. The van der Waals surface area contributed by atoms with E-state index >= 15 is 0 Å². The molecule has 0 saturated carbocycles. The Morgan fingerprint density at radius 1 is 1.15 bits per heavy atom. The third-order valence-corrected chi connectivity index (χ3v) is 4.31. The number of amides is 1. The highest BCUT2D eigenvalue weighted by Crippen LogP contribution is 2.26. The normalized spacial score (nSPS) is 23.0. The molecule has 0 aliphatic carbocycles. The second kappa shape index (κ2) is 5.23. The van der Waals surface area contributed by atoms with Gasteiger partial charge in [0.15, 0.2) is 0 Å². The van der Waals surface area contributed by atoms with Crippen molar-refractivity contribution in [2.24, 2.45) is 0 Å². The lowest BCUT2D eigenvalue weighted by atomic mass is 9.96. The van der Waals surface area contributed by atoms with Gasteiger partial charge in [-0.3, -0.25) is 9.78 Å². The van der Waals surface area contributed by atoms with E-state index in [9.17, 15) is 4.79 Å². The molecule has 1 saturated heterocycles. The number of carbonyl (C=O) groups is 1. The summed E-state index contributed by atoms with van der Waals surface area (Å²) >= 11 is 0. The maximum absolute atomic E-state index is 12.9. The molecule has 1 aliphatic heterocycles. The Bertz CT molecular complexity index is 622. The lowest BCUT2D eigenvalue weighted by molar-refractivity contribution is 0.0513. The summed E-state index contributed by atoms with van der Waals surface area (Å²) in [7, 11) is 0. The van der Waals surface area contributed by atoms with Crippen LogP contribution in [0.2, 0.25) is 0 Å². The van der Waals surface area contributed by atoms with Gasteiger partial charge in [-0.2, -0.15) is 0 Å². The van der Waals surface area contributed by atoms with Gasteiger partial charge in [0.25, 0.3) is 5.91 Å². The lowest BCUT2D eigenvalue weighted by Crippen LogP contribution is -2.47. The Kier molecular flexibility index (Phi) is 3.43. The van der Waals surface area contributed by atoms with Crippen molar-refractivity contribution < 1.29 is 4.79 Å². The van der Waals surface area contributed by atoms with Gasteiger partial charge < -0.3 is 4.90 Å². The van der Waals surface area contributed by atoms with Crippen molar-refractivity contribution in [3.63, 3.8) is 0 Å². The van der Waals surface area contributed by atoms with Gasteiger partial charge in [0, 0.05) is 23.7 Å². The van der Waals surface area contributed by atoms with Crippen molar-refractivity contribution in [1.29, 1.82) is 0 Å². The van der Waals surface area contributed by atoms with E-state index in [1.165, 1.54) is 6.42 Å². The van der Waals surface area contributed by atoms with Gasteiger partial charge in [0.2, 0.25) is 0 Å². The molecule has 0 spiro atoms. The van der Waals surface area contributed by atoms with E-state index in [1.807, 2.05) is 35.2 Å². The van der Waals surface area contributed by atoms with Crippen molar-refractivity contribution in [2.45, 2.75) is 45.2 Å². The van der Waals surface area contributed by atoms with E-state index in [-0.39, 0.29) is 5.91 Å². The van der Waals surface area contributed by atoms with E-state index in [4.69, 9.17) is 0 Å². The molecule has 0 radical (unpaired) electrons. The zero-order valence-electron chi connectivity index (χ0n) is 12.0. The number of hydrogen-bond acceptors (Lipinski definition) is 2. The number of piperidine rings is 1. The molecule has 104 valence electrons. The fourth-order valence-corrected chi connectivity index (χ4v) is 3.24. The quantitative estimate of drug-likeness (QED) is 0.791. The Labute approximate surface area is 119 Å². The van der Waals surface area contributed by atoms with Gasteiger partial charge in [0.05, 0.1) is 11.1 Å². The van der Waals surface area contributed by atoms with Crippen LogP contribution < -0.4 is 0 Å². The molecule has 2 heterocycles. The van der Waals surface area contributed by atoms with Crippen LogP contribution in [-0.4, -0.2) is 27.9 Å².